The van der Waals surface area contributed by atoms with Crippen LogP contribution in [0, 0.1) is 0 Å². The topological polar surface area (TPSA) is 106 Å². The number of benzene rings is 1. The molecule has 0 saturated heterocycles. The molecule has 3 aromatic rings. The number of nitrogens with zero attached hydrogens (tertiary/aromatic N) is 5. The number of hydrogen-bond donors (Lipinski definition) is 2. The molecule has 0 atom stereocenters. The average molecular weight is 338 g/mol. The van der Waals surface area contributed by atoms with Gasteiger partial charge < -0.3 is 15.0 Å². The molecular weight excluding hydrogens is 320 g/mol. The number of aromatic carboxylic acids is 1. The Kier molecular flexibility index (Phi) is 4.98. The van der Waals surface area contributed by atoms with Crippen molar-refractivity contribution >= 4 is 11.7 Å². The van der Waals surface area contributed by atoms with Crippen LogP contribution in [0.25, 0.3) is 11.5 Å². The van der Waals surface area contributed by atoms with Crippen molar-refractivity contribution in [1.29, 1.82) is 0 Å². The van der Waals surface area contributed by atoms with Gasteiger partial charge in [0.15, 0.2) is 11.6 Å². The quantitative estimate of drug-likeness (QED) is 0.681. The maximum absolute atomic E-state index is 11.1. The Morgan fingerprint density at radius 3 is 2.88 bits per heavy atom. The van der Waals surface area contributed by atoms with Gasteiger partial charge in [-0.2, -0.15) is 0 Å². The van der Waals surface area contributed by atoms with Crippen molar-refractivity contribution < 1.29 is 9.90 Å². The average Bonchev–Trinajstić information content (AvgIpc) is 3.04. The molecule has 0 aliphatic heterocycles. The van der Waals surface area contributed by atoms with Gasteiger partial charge in [0.25, 0.3) is 0 Å². The maximum atomic E-state index is 11.1. The highest BCUT2D eigenvalue weighted by atomic mass is 16.4. The number of nitrogens with one attached hydrogen (secondary N) is 1. The van der Waals surface area contributed by atoms with Gasteiger partial charge in [-0.05, 0) is 30.7 Å². The highest BCUT2D eigenvalue weighted by Gasteiger charge is 2.14. The van der Waals surface area contributed by atoms with Crippen molar-refractivity contribution in [3.05, 3.63) is 54.2 Å². The molecule has 0 spiro atoms. The fourth-order valence-electron chi connectivity index (χ4n) is 2.48. The SMILES string of the molecule is CCCn1c(CNc2cccc(C(=O)O)c2)nnc1-c1ccncn1. The molecule has 8 nitrogen and oxygen atoms in total. The summed E-state index contributed by atoms with van der Waals surface area (Å²) in [5.41, 5.74) is 1.67. The normalized spacial score (nSPS) is 10.6. The molecule has 0 aliphatic carbocycles. The van der Waals surface area contributed by atoms with Gasteiger partial charge >= 0.3 is 5.97 Å². The Morgan fingerprint density at radius 2 is 2.16 bits per heavy atom. The minimum atomic E-state index is -0.955. The number of anilines is 1. The van der Waals surface area contributed by atoms with Gasteiger partial charge in [0.2, 0.25) is 0 Å². The van der Waals surface area contributed by atoms with E-state index in [0.717, 1.165) is 30.2 Å². The number of rotatable bonds is 7. The van der Waals surface area contributed by atoms with Crippen molar-refractivity contribution in [3.63, 3.8) is 0 Å². The molecule has 0 bridgehead atoms. The molecule has 0 aliphatic rings. The van der Waals surface area contributed by atoms with Crippen LogP contribution >= 0.6 is 0 Å². The van der Waals surface area contributed by atoms with Crippen molar-refractivity contribution in [2.75, 3.05) is 5.32 Å². The molecule has 1 aromatic carbocycles. The van der Waals surface area contributed by atoms with Gasteiger partial charge in [-0.1, -0.05) is 13.0 Å². The Labute approximate surface area is 144 Å². The lowest BCUT2D eigenvalue weighted by Gasteiger charge is -2.10. The molecule has 128 valence electrons. The second-order valence-corrected chi connectivity index (χ2v) is 5.43. The van der Waals surface area contributed by atoms with E-state index in [4.69, 9.17) is 5.11 Å². The summed E-state index contributed by atoms with van der Waals surface area (Å²) < 4.78 is 2.01. The van der Waals surface area contributed by atoms with Gasteiger partial charge in [-0.15, -0.1) is 10.2 Å². The minimum Gasteiger partial charge on any atom is -0.478 e. The monoisotopic (exact) mass is 338 g/mol. The highest BCUT2D eigenvalue weighted by Crippen LogP contribution is 2.17. The molecule has 0 amide bonds. The van der Waals surface area contributed by atoms with E-state index in [0.29, 0.717) is 12.4 Å². The first-order valence-electron chi connectivity index (χ1n) is 7.94. The molecule has 0 fully saturated rings. The summed E-state index contributed by atoms with van der Waals surface area (Å²) in [5.74, 6) is 0.500. The van der Waals surface area contributed by atoms with E-state index in [9.17, 15) is 4.79 Å². The molecule has 2 heterocycles. The highest BCUT2D eigenvalue weighted by molar-refractivity contribution is 5.88. The van der Waals surface area contributed by atoms with Gasteiger partial charge in [0.1, 0.15) is 12.0 Å². The van der Waals surface area contributed by atoms with E-state index in [1.165, 1.54) is 6.33 Å². The van der Waals surface area contributed by atoms with Gasteiger partial charge in [-0.3, -0.25) is 0 Å². The minimum absolute atomic E-state index is 0.238. The first-order chi connectivity index (χ1) is 12.2. The van der Waals surface area contributed by atoms with Crippen molar-refractivity contribution in [2.45, 2.75) is 26.4 Å². The third-order valence-electron chi connectivity index (χ3n) is 3.65. The van der Waals surface area contributed by atoms with E-state index < -0.39 is 5.97 Å². The van der Waals surface area contributed by atoms with Crippen LogP contribution < -0.4 is 5.32 Å². The fourth-order valence-corrected chi connectivity index (χ4v) is 2.48. The van der Waals surface area contributed by atoms with Crippen LogP contribution in [-0.4, -0.2) is 35.8 Å². The Morgan fingerprint density at radius 1 is 1.28 bits per heavy atom. The number of carboxylic acid groups (broad SMARTS) is 1. The third-order valence-corrected chi connectivity index (χ3v) is 3.65. The molecular formula is C17H18N6O2. The van der Waals surface area contributed by atoms with Crippen LogP contribution in [0.3, 0.4) is 0 Å². The summed E-state index contributed by atoms with van der Waals surface area (Å²) in [5, 5.41) is 20.8. The predicted molar refractivity (Wildman–Crippen MR) is 92.1 cm³/mol. The Balaban J connectivity index is 1.82. The Hall–Kier alpha value is -3.29. The zero-order valence-electron chi connectivity index (χ0n) is 13.8. The summed E-state index contributed by atoms with van der Waals surface area (Å²) in [6.45, 7) is 3.27. The van der Waals surface area contributed by atoms with Crippen LogP contribution in [0.4, 0.5) is 5.69 Å². The zero-order valence-corrected chi connectivity index (χ0v) is 13.8. The van der Waals surface area contributed by atoms with Crippen LogP contribution in [0.5, 0.6) is 0 Å². The molecule has 0 saturated carbocycles. The molecule has 8 heteroatoms. The van der Waals surface area contributed by atoms with Crippen molar-refractivity contribution in [1.82, 2.24) is 24.7 Å². The molecule has 2 N–H and O–H groups in total. The summed E-state index contributed by atoms with van der Waals surface area (Å²) in [4.78, 5) is 19.2. The summed E-state index contributed by atoms with van der Waals surface area (Å²) >= 11 is 0. The van der Waals surface area contributed by atoms with Gasteiger partial charge in [-0.25, -0.2) is 14.8 Å². The fraction of sp³-hybridized carbons (Fsp3) is 0.235. The molecule has 0 radical (unpaired) electrons. The lowest BCUT2D eigenvalue weighted by molar-refractivity contribution is 0.0697. The third kappa shape index (κ3) is 3.79. The lowest BCUT2D eigenvalue weighted by Crippen LogP contribution is -2.10. The van der Waals surface area contributed by atoms with E-state index >= 15 is 0 Å². The van der Waals surface area contributed by atoms with Crippen molar-refractivity contribution in [3.8, 4) is 11.5 Å². The van der Waals surface area contributed by atoms with E-state index in [2.05, 4.69) is 32.4 Å². The lowest BCUT2D eigenvalue weighted by atomic mass is 10.2. The van der Waals surface area contributed by atoms with E-state index in [1.807, 2.05) is 10.6 Å². The Bertz CT molecular complexity index is 863. The summed E-state index contributed by atoms with van der Waals surface area (Å²) in [6, 6.07) is 8.46. The zero-order chi connectivity index (χ0) is 17.6. The number of aromatic nitrogens is 5. The molecule has 2 aromatic heterocycles. The first kappa shape index (κ1) is 16.6. The largest absolute Gasteiger partial charge is 0.478 e. The van der Waals surface area contributed by atoms with E-state index in [1.54, 1.807) is 30.5 Å². The van der Waals surface area contributed by atoms with Gasteiger partial charge in [0, 0.05) is 18.4 Å². The second kappa shape index (κ2) is 7.52. The van der Waals surface area contributed by atoms with Crippen LogP contribution in [0.15, 0.2) is 42.9 Å². The smallest absolute Gasteiger partial charge is 0.335 e. The predicted octanol–water partition coefficient (Wildman–Crippen LogP) is 2.46. The van der Waals surface area contributed by atoms with Gasteiger partial charge in [0.05, 0.1) is 12.1 Å². The summed E-state index contributed by atoms with van der Waals surface area (Å²) in [7, 11) is 0. The number of hydrogen-bond acceptors (Lipinski definition) is 6. The maximum Gasteiger partial charge on any atom is 0.335 e. The first-order valence-corrected chi connectivity index (χ1v) is 7.94. The number of carbonyl (C=O) groups is 1. The molecule has 0 unspecified atom stereocenters. The standard InChI is InChI=1S/C17H18N6O2/c1-2-8-23-15(21-22-16(23)14-6-7-18-11-20-14)10-19-13-5-3-4-12(9-13)17(24)25/h3-7,9,11,19H,2,8,10H2,1H3,(H,24,25). The molecule has 25 heavy (non-hydrogen) atoms. The van der Waals surface area contributed by atoms with Crippen LogP contribution in [0.1, 0.15) is 29.5 Å². The number of carboxylic acids is 1. The van der Waals surface area contributed by atoms with E-state index in [-0.39, 0.29) is 5.56 Å². The van der Waals surface area contributed by atoms with Crippen LogP contribution in [-0.2, 0) is 13.1 Å². The molecule has 3 rings (SSSR count). The summed E-state index contributed by atoms with van der Waals surface area (Å²) in [6.07, 6.45) is 4.08. The second-order valence-electron chi connectivity index (χ2n) is 5.43. The van der Waals surface area contributed by atoms with Crippen LogP contribution in [0.2, 0.25) is 0 Å². The van der Waals surface area contributed by atoms with Crippen molar-refractivity contribution in [2.24, 2.45) is 0 Å².